The highest BCUT2D eigenvalue weighted by molar-refractivity contribution is 8.33. The molecule has 0 aliphatic carbocycles. The van der Waals surface area contributed by atoms with Gasteiger partial charge in [-0.15, -0.1) is 35.3 Å². The summed E-state index contributed by atoms with van der Waals surface area (Å²) in [4.78, 5) is 13.5. The molecule has 0 unspecified atom stereocenters. The van der Waals surface area contributed by atoms with Crippen LogP contribution in [0, 0.1) is 11.3 Å². The topological polar surface area (TPSA) is 35.5 Å². The summed E-state index contributed by atoms with van der Waals surface area (Å²) in [5, 5.41) is 0. The van der Waals surface area contributed by atoms with Gasteiger partial charge in [-0.2, -0.15) is 0 Å². The maximum Gasteiger partial charge on any atom is 0.316 e. The Kier molecular flexibility index (Phi) is 9.08. The third-order valence-electron chi connectivity index (χ3n) is 7.80. The molecule has 0 saturated carbocycles. The molecule has 200 valence electrons. The minimum atomic E-state index is -0.885. The summed E-state index contributed by atoms with van der Waals surface area (Å²) < 4.78 is 13.0. The Hall–Kier alpha value is -2.12. The third-order valence-corrected chi connectivity index (χ3v) is 13.3. The van der Waals surface area contributed by atoms with Gasteiger partial charge in [-0.3, -0.25) is 4.79 Å². The molecule has 0 bridgehead atoms. The summed E-state index contributed by atoms with van der Waals surface area (Å²) in [6.45, 7) is 8.40. The first kappa shape index (κ1) is 28.9. The van der Waals surface area contributed by atoms with Crippen LogP contribution in [-0.2, 0) is 19.9 Å². The van der Waals surface area contributed by atoms with E-state index in [-0.39, 0.29) is 21.9 Å². The van der Waals surface area contributed by atoms with Crippen molar-refractivity contribution in [1.82, 2.24) is 0 Å². The van der Waals surface area contributed by atoms with Crippen molar-refractivity contribution in [2.45, 2.75) is 29.0 Å². The average Bonchev–Trinajstić information content (AvgIpc) is 3.23. The molecule has 3 aromatic carbocycles. The Morgan fingerprint density at radius 1 is 0.842 bits per heavy atom. The Balaban J connectivity index is 1.86. The number of hydrogen-bond donors (Lipinski definition) is 0. The van der Waals surface area contributed by atoms with Crippen LogP contribution < -0.4 is 0 Å². The van der Waals surface area contributed by atoms with E-state index in [0.717, 1.165) is 22.3 Å². The van der Waals surface area contributed by atoms with Crippen LogP contribution in [0.3, 0.4) is 0 Å². The molecule has 0 N–H and O–H groups in total. The monoisotopic (exact) mass is 564 g/mol. The molecule has 1 aliphatic heterocycles. The molecular weight excluding hydrogens is 529 g/mol. The Morgan fingerprint density at radius 3 is 1.58 bits per heavy atom. The first-order valence-corrected chi connectivity index (χ1v) is 16.3. The van der Waals surface area contributed by atoms with Crippen molar-refractivity contribution in [1.29, 1.82) is 0 Å². The molecular formula is C32H36O3S3. The molecule has 3 aromatic rings. The maximum atomic E-state index is 13.5. The molecule has 6 heteroatoms. The van der Waals surface area contributed by atoms with Gasteiger partial charge in [-0.1, -0.05) is 103 Å². The van der Waals surface area contributed by atoms with Gasteiger partial charge in [0.1, 0.15) is 15.1 Å². The summed E-state index contributed by atoms with van der Waals surface area (Å²) in [5.41, 5.74) is 2.17. The lowest BCUT2D eigenvalue weighted by Gasteiger charge is -2.43. The molecule has 1 aliphatic rings. The molecule has 3 atom stereocenters. The summed E-state index contributed by atoms with van der Waals surface area (Å²) in [6.07, 6.45) is 5.87. The van der Waals surface area contributed by atoms with Crippen molar-refractivity contribution in [3.63, 3.8) is 0 Å². The van der Waals surface area contributed by atoms with Crippen LogP contribution in [-0.4, -0.2) is 40.9 Å². The van der Waals surface area contributed by atoms with Crippen molar-refractivity contribution in [2.75, 3.05) is 25.4 Å². The molecule has 0 radical (unpaired) electrons. The second-order valence-electron chi connectivity index (χ2n) is 9.71. The minimum absolute atomic E-state index is 0.153. The predicted molar refractivity (Wildman–Crippen MR) is 165 cm³/mol. The molecule has 0 aromatic heterocycles. The minimum Gasteiger partial charge on any atom is -0.459 e. The van der Waals surface area contributed by atoms with Crippen LogP contribution in [0.15, 0.2) is 103 Å². The zero-order valence-electron chi connectivity index (χ0n) is 22.7. The Labute approximate surface area is 240 Å². The van der Waals surface area contributed by atoms with Gasteiger partial charge in [0.15, 0.2) is 0 Å². The van der Waals surface area contributed by atoms with E-state index in [1.165, 1.54) is 0 Å². The van der Waals surface area contributed by atoms with Gasteiger partial charge in [0.05, 0.1) is 17.9 Å². The zero-order valence-corrected chi connectivity index (χ0v) is 25.1. The van der Waals surface area contributed by atoms with Crippen LogP contribution in [0.5, 0.6) is 0 Å². The van der Waals surface area contributed by atoms with E-state index in [0.29, 0.717) is 0 Å². The molecule has 4 rings (SSSR count). The van der Waals surface area contributed by atoms with Crippen LogP contribution >= 0.6 is 35.3 Å². The van der Waals surface area contributed by atoms with E-state index in [1.54, 1.807) is 35.3 Å². The van der Waals surface area contributed by atoms with Gasteiger partial charge in [0, 0.05) is 0 Å². The van der Waals surface area contributed by atoms with Gasteiger partial charge in [0.25, 0.3) is 0 Å². The fourth-order valence-electron chi connectivity index (χ4n) is 5.58. The molecule has 38 heavy (non-hydrogen) atoms. The van der Waals surface area contributed by atoms with E-state index >= 15 is 0 Å². The van der Waals surface area contributed by atoms with E-state index in [2.05, 4.69) is 61.7 Å². The lowest BCUT2D eigenvalue weighted by Crippen LogP contribution is -2.46. The quantitative estimate of drug-likeness (QED) is 0.102. The van der Waals surface area contributed by atoms with Crippen molar-refractivity contribution in [3.05, 3.63) is 120 Å². The van der Waals surface area contributed by atoms with E-state index < -0.39 is 17.1 Å². The second kappa shape index (κ2) is 12.0. The number of ether oxygens (including phenoxy) is 2. The summed E-state index contributed by atoms with van der Waals surface area (Å²) in [5.74, 6) is -0.380. The predicted octanol–water partition coefficient (Wildman–Crippen LogP) is 7.86. The highest BCUT2D eigenvalue weighted by atomic mass is 32.3. The van der Waals surface area contributed by atoms with Crippen LogP contribution in [0.4, 0.5) is 0 Å². The SMILES string of the molecule is C=C(C)[C@]1(C)C(=O)O[C@H](COC(c2ccccc2)(c2ccccc2)c2ccccc2)[C@H]1C(SC)(SC)SC. The highest BCUT2D eigenvalue weighted by Gasteiger charge is 2.63. The standard InChI is InChI=1S/C32H36O3S3/c1-23(2)30(3)28(32(36-4,37-5)38-6)27(35-29(30)33)22-34-31(24-16-10-7-11-17-24,25-18-12-8-13-19-25)26-20-14-9-15-21-26/h7-21,27-28H,1,22H2,2-6H3/t27-,28-,30+/m1/s1. The Bertz CT molecular complexity index is 1120. The Morgan fingerprint density at radius 2 is 1.24 bits per heavy atom. The summed E-state index contributed by atoms with van der Waals surface area (Å²) in [6, 6.07) is 30.9. The smallest absolute Gasteiger partial charge is 0.316 e. The number of cyclic esters (lactones) is 1. The van der Waals surface area contributed by atoms with Crippen LogP contribution in [0.1, 0.15) is 30.5 Å². The lowest BCUT2D eigenvalue weighted by molar-refractivity contribution is -0.149. The van der Waals surface area contributed by atoms with Gasteiger partial charge in [-0.25, -0.2) is 0 Å². The third kappa shape index (κ3) is 4.85. The number of thioether (sulfide) groups is 3. The highest BCUT2D eigenvalue weighted by Crippen LogP contribution is 2.61. The number of carbonyl (C=O) groups is 1. The average molecular weight is 565 g/mol. The molecule has 3 nitrogen and oxygen atoms in total. The normalized spacial score (nSPS) is 21.8. The first-order chi connectivity index (χ1) is 18.3. The van der Waals surface area contributed by atoms with Crippen molar-refractivity contribution in [3.8, 4) is 0 Å². The van der Waals surface area contributed by atoms with Crippen LogP contribution in [0.25, 0.3) is 0 Å². The fraction of sp³-hybridized carbons (Fsp3) is 0.344. The maximum absolute atomic E-state index is 13.5. The first-order valence-electron chi connectivity index (χ1n) is 12.6. The molecule has 1 heterocycles. The van der Waals surface area contributed by atoms with Gasteiger partial charge in [-0.05, 0) is 49.3 Å². The summed E-state index contributed by atoms with van der Waals surface area (Å²) in [7, 11) is 0. The van der Waals surface area contributed by atoms with E-state index in [1.807, 2.05) is 68.4 Å². The zero-order chi connectivity index (χ0) is 27.4. The van der Waals surface area contributed by atoms with Crippen molar-refractivity contribution in [2.24, 2.45) is 11.3 Å². The van der Waals surface area contributed by atoms with Crippen molar-refractivity contribution < 1.29 is 14.3 Å². The van der Waals surface area contributed by atoms with Crippen molar-refractivity contribution >= 4 is 41.3 Å². The molecule has 1 fully saturated rings. The lowest BCUT2D eigenvalue weighted by atomic mass is 9.72. The largest absolute Gasteiger partial charge is 0.459 e. The molecule has 0 amide bonds. The van der Waals surface area contributed by atoms with Crippen LogP contribution in [0.2, 0.25) is 0 Å². The number of benzene rings is 3. The van der Waals surface area contributed by atoms with E-state index in [9.17, 15) is 4.79 Å². The summed E-state index contributed by atoms with van der Waals surface area (Å²) >= 11 is 5.28. The van der Waals surface area contributed by atoms with E-state index in [4.69, 9.17) is 9.47 Å². The molecule has 0 spiro atoms. The molecule has 1 saturated heterocycles. The number of esters is 1. The second-order valence-corrected chi connectivity index (χ2v) is 13.6. The number of carbonyl (C=O) groups excluding carboxylic acids is 1. The number of rotatable bonds is 11. The van der Waals surface area contributed by atoms with Gasteiger partial charge >= 0.3 is 5.97 Å². The number of hydrogen-bond acceptors (Lipinski definition) is 6. The van der Waals surface area contributed by atoms with Gasteiger partial charge < -0.3 is 9.47 Å². The fourth-order valence-corrected chi connectivity index (χ4v) is 9.51. The van der Waals surface area contributed by atoms with Gasteiger partial charge in [0.2, 0.25) is 0 Å².